The van der Waals surface area contributed by atoms with Crippen molar-refractivity contribution in [2.45, 2.75) is 13.8 Å². The molecule has 0 aliphatic rings. The lowest BCUT2D eigenvalue weighted by molar-refractivity contribution is 1.05. The van der Waals surface area contributed by atoms with E-state index < -0.39 is 0 Å². The van der Waals surface area contributed by atoms with Crippen LogP contribution in [0.25, 0.3) is 33.4 Å². The standard InChI is InChI=1S/C24H21N5O/c1-14-10-18(12-21(26-14)29(3)4)20-11-16-8-9-22(30)27-24(16)28-23(20)19-7-5-6-17(13-25)15(19)2/h5-12H,1-4H3,(H,27,28,30). The van der Waals surface area contributed by atoms with Crippen molar-refractivity contribution in [2.75, 3.05) is 19.0 Å². The van der Waals surface area contributed by atoms with Gasteiger partial charge in [-0.15, -0.1) is 0 Å². The van der Waals surface area contributed by atoms with Crippen LogP contribution in [-0.4, -0.2) is 29.0 Å². The summed E-state index contributed by atoms with van der Waals surface area (Å²) in [7, 11) is 3.91. The average molecular weight is 395 g/mol. The Hall–Kier alpha value is -3.98. The summed E-state index contributed by atoms with van der Waals surface area (Å²) in [5, 5.41) is 10.3. The van der Waals surface area contributed by atoms with Gasteiger partial charge < -0.3 is 9.88 Å². The number of anilines is 1. The van der Waals surface area contributed by atoms with Gasteiger partial charge in [-0.1, -0.05) is 12.1 Å². The van der Waals surface area contributed by atoms with E-state index >= 15 is 0 Å². The number of aromatic nitrogens is 3. The predicted molar refractivity (Wildman–Crippen MR) is 120 cm³/mol. The number of aromatic amines is 1. The van der Waals surface area contributed by atoms with Crippen molar-refractivity contribution in [1.29, 1.82) is 5.26 Å². The van der Waals surface area contributed by atoms with Crippen LogP contribution in [-0.2, 0) is 0 Å². The molecule has 0 unspecified atom stereocenters. The van der Waals surface area contributed by atoms with Crippen LogP contribution < -0.4 is 10.5 Å². The molecule has 1 N–H and O–H groups in total. The summed E-state index contributed by atoms with van der Waals surface area (Å²) >= 11 is 0. The van der Waals surface area contributed by atoms with Gasteiger partial charge in [0.05, 0.1) is 17.3 Å². The van der Waals surface area contributed by atoms with Crippen molar-refractivity contribution in [1.82, 2.24) is 15.0 Å². The largest absolute Gasteiger partial charge is 0.363 e. The van der Waals surface area contributed by atoms with Gasteiger partial charge in [0, 0.05) is 42.4 Å². The smallest absolute Gasteiger partial charge is 0.249 e. The van der Waals surface area contributed by atoms with Crippen molar-refractivity contribution in [3.63, 3.8) is 0 Å². The third kappa shape index (κ3) is 3.42. The Labute approximate surface area is 174 Å². The van der Waals surface area contributed by atoms with E-state index in [0.717, 1.165) is 39.2 Å². The fourth-order valence-corrected chi connectivity index (χ4v) is 3.55. The van der Waals surface area contributed by atoms with Crippen molar-refractivity contribution < 1.29 is 0 Å². The zero-order valence-electron chi connectivity index (χ0n) is 17.3. The molecule has 148 valence electrons. The minimum atomic E-state index is -0.203. The first-order chi connectivity index (χ1) is 14.4. The lowest BCUT2D eigenvalue weighted by atomic mass is 9.93. The van der Waals surface area contributed by atoms with E-state index in [1.165, 1.54) is 6.07 Å². The summed E-state index contributed by atoms with van der Waals surface area (Å²) in [6.07, 6.45) is 0. The Morgan fingerprint density at radius 2 is 1.80 bits per heavy atom. The fourth-order valence-electron chi connectivity index (χ4n) is 3.55. The molecule has 3 heterocycles. The van der Waals surface area contributed by atoms with Gasteiger partial charge in [-0.2, -0.15) is 5.26 Å². The van der Waals surface area contributed by atoms with Crippen LogP contribution in [0.3, 0.4) is 0 Å². The van der Waals surface area contributed by atoms with E-state index in [1.807, 2.05) is 63.2 Å². The highest BCUT2D eigenvalue weighted by Crippen LogP contribution is 2.36. The number of nitrogens with zero attached hydrogens (tertiary/aromatic N) is 4. The van der Waals surface area contributed by atoms with Crippen LogP contribution in [0.15, 0.2) is 53.3 Å². The third-order valence-electron chi connectivity index (χ3n) is 5.13. The number of hydrogen-bond acceptors (Lipinski definition) is 5. The fraction of sp³-hybridized carbons (Fsp3) is 0.167. The molecular weight excluding hydrogens is 374 g/mol. The van der Waals surface area contributed by atoms with Gasteiger partial charge >= 0.3 is 0 Å². The second-order valence-electron chi connectivity index (χ2n) is 7.48. The summed E-state index contributed by atoms with van der Waals surface area (Å²) < 4.78 is 0. The second-order valence-corrected chi connectivity index (χ2v) is 7.48. The topological polar surface area (TPSA) is 85.7 Å². The highest BCUT2D eigenvalue weighted by molar-refractivity contribution is 5.91. The van der Waals surface area contributed by atoms with Gasteiger partial charge in [0.25, 0.3) is 0 Å². The van der Waals surface area contributed by atoms with E-state index in [2.05, 4.69) is 16.0 Å². The van der Waals surface area contributed by atoms with Gasteiger partial charge in [0.1, 0.15) is 11.5 Å². The maximum atomic E-state index is 11.9. The van der Waals surface area contributed by atoms with Crippen molar-refractivity contribution in [3.05, 3.63) is 75.7 Å². The molecule has 6 nitrogen and oxygen atoms in total. The zero-order valence-corrected chi connectivity index (χ0v) is 17.3. The molecule has 0 fully saturated rings. The van der Waals surface area contributed by atoms with Crippen LogP contribution in [0.1, 0.15) is 16.8 Å². The molecular formula is C24H21N5O. The Balaban J connectivity index is 2.09. The highest BCUT2D eigenvalue weighted by Gasteiger charge is 2.16. The highest BCUT2D eigenvalue weighted by atomic mass is 16.1. The average Bonchev–Trinajstić information content (AvgIpc) is 2.72. The molecule has 6 heteroatoms. The van der Waals surface area contributed by atoms with Crippen molar-refractivity contribution in [2.24, 2.45) is 0 Å². The van der Waals surface area contributed by atoms with E-state index in [0.29, 0.717) is 16.9 Å². The Morgan fingerprint density at radius 1 is 1.00 bits per heavy atom. The first-order valence-electron chi connectivity index (χ1n) is 9.58. The predicted octanol–water partition coefficient (Wildman–Crippen LogP) is 4.21. The number of H-pyrrole nitrogens is 1. The lowest BCUT2D eigenvalue weighted by Crippen LogP contribution is -2.11. The lowest BCUT2D eigenvalue weighted by Gasteiger charge is -2.17. The Morgan fingerprint density at radius 3 is 2.53 bits per heavy atom. The zero-order chi connectivity index (χ0) is 21.4. The molecule has 0 aliphatic heterocycles. The first kappa shape index (κ1) is 19.3. The van der Waals surface area contributed by atoms with E-state index in [1.54, 1.807) is 12.1 Å². The van der Waals surface area contributed by atoms with Crippen LogP contribution in [0.2, 0.25) is 0 Å². The molecule has 0 saturated heterocycles. The number of rotatable bonds is 3. The molecule has 0 aliphatic carbocycles. The van der Waals surface area contributed by atoms with Crippen LogP contribution in [0, 0.1) is 25.2 Å². The monoisotopic (exact) mass is 395 g/mol. The molecule has 4 rings (SSSR count). The van der Waals surface area contributed by atoms with Crippen molar-refractivity contribution in [3.8, 4) is 28.5 Å². The summed E-state index contributed by atoms with van der Waals surface area (Å²) in [5.74, 6) is 0.847. The number of aryl methyl sites for hydroxylation is 1. The minimum Gasteiger partial charge on any atom is -0.363 e. The van der Waals surface area contributed by atoms with Crippen LogP contribution >= 0.6 is 0 Å². The molecule has 3 aromatic heterocycles. The number of benzene rings is 1. The SMILES string of the molecule is Cc1cc(-c2cc3ccc(=O)[nH]c3nc2-c2cccc(C#N)c2C)cc(N(C)C)n1. The van der Waals surface area contributed by atoms with Crippen LogP contribution in [0.5, 0.6) is 0 Å². The summed E-state index contributed by atoms with van der Waals surface area (Å²) in [6, 6.07) is 17.2. The number of nitriles is 1. The molecule has 0 radical (unpaired) electrons. The van der Waals surface area contributed by atoms with E-state index in [4.69, 9.17) is 4.98 Å². The molecule has 0 spiro atoms. The Kier molecular flexibility index (Phi) is 4.80. The summed E-state index contributed by atoms with van der Waals surface area (Å²) in [4.78, 5) is 26.1. The van der Waals surface area contributed by atoms with Gasteiger partial charge in [0.15, 0.2) is 0 Å². The quantitative estimate of drug-likeness (QED) is 0.562. The normalized spacial score (nSPS) is 10.8. The summed E-state index contributed by atoms with van der Waals surface area (Å²) in [6.45, 7) is 3.88. The second kappa shape index (κ2) is 7.45. The molecule has 0 amide bonds. The Bertz CT molecular complexity index is 1380. The maximum absolute atomic E-state index is 11.9. The molecule has 4 aromatic rings. The molecule has 30 heavy (non-hydrogen) atoms. The number of hydrogen-bond donors (Lipinski definition) is 1. The maximum Gasteiger partial charge on any atom is 0.249 e. The van der Waals surface area contributed by atoms with Crippen LogP contribution in [0.4, 0.5) is 5.82 Å². The molecule has 0 atom stereocenters. The molecule has 0 bridgehead atoms. The number of pyridine rings is 3. The number of nitrogens with one attached hydrogen (secondary N) is 1. The van der Waals surface area contributed by atoms with E-state index in [9.17, 15) is 10.1 Å². The summed E-state index contributed by atoms with van der Waals surface area (Å²) in [5.41, 5.74) is 6.13. The van der Waals surface area contributed by atoms with Gasteiger partial charge in [-0.25, -0.2) is 9.97 Å². The van der Waals surface area contributed by atoms with Crippen molar-refractivity contribution >= 4 is 16.9 Å². The third-order valence-corrected chi connectivity index (χ3v) is 5.13. The van der Waals surface area contributed by atoms with Gasteiger partial charge in [-0.3, -0.25) is 4.79 Å². The molecule has 0 saturated carbocycles. The van der Waals surface area contributed by atoms with E-state index in [-0.39, 0.29) is 5.56 Å². The minimum absolute atomic E-state index is 0.203. The number of fused-ring (bicyclic) bond motifs is 1. The molecule has 1 aromatic carbocycles. The first-order valence-corrected chi connectivity index (χ1v) is 9.58. The van der Waals surface area contributed by atoms with Gasteiger partial charge in [-0.05, 0) is 55.3 Å². The van der Waals surface area contributed by atoms with Gasteiger partial charge in [0.2, 0.25) is 5.56 Å².